The zero-order valence-corrected chi connectivity index (χ0v) is 37.0. The summed E-state index contributed by atoms with van der Waals surface area (Å²) in [6, 6.07) is 79.0. The van der Waals surface area contributed by atoms with Gasteiger partial charge in [0.05, 0.1) is 22.8 Å². The highest BCUT2D eigenvalue weighted by molar-refractivity contribution is 6.32. The second-order valence-electron chi connectivity index (χ2n) is 16.8. The number of rotatable bonds is 10. The summed E-state index contributed by atoms with van der Waals surface area (Å²) in [7, 11) is 2.10. The van der Waals surface area contributed by atoms with E-state index in [1.165, 1.54) is 5.46 Å². The third-order valence-corrected chi connectivity index (χ3v) is 12.4. The average molecular weight is 855 g/mol. The SMILES string of the molecule is Bc1ccc(-c2ccc(-c3ccc(-c4ccccc4-c4cc(-c5ccccc5-c5ccc(-c6ccccc6)nc5)cc(-c5ccccc5-c5ccc(-c6ccccc6)nc5)c4)cn3)cn2)cc1. The zero-order chi connectivity index (χ0) is 44.9. The van der Waals surface area contributed by atoms with Gasteiger partial charge in [-0.3, -0.25) is 19.9 Å². The minimum atomic E-state index is 0.874. The van der Waals surface area contributed by atoms with E-state index in [4.69, 9.17) is 19.9 Å². The standard InChI is InChI=1S/C62H43BN4/c63-52-29-23-44(24-30-52)61-34-28-48(41-67-61)62-33-27-47(40-66-62)55-19-9-12-22-58(55)51-36-49(56-20-10-7-17-53(56)45-25-31-59(64-38-45)42-13-3-1-4-14-42)35-50(37-51)57-21-11-8-18-54(57)46-26-32-60(65-39-46)43-15-5-2-6-16-43/h1-41H,63H2. The Bertz CT molecular complexity index is 3320. The van der Waals surface area contributed by atoms with Crippen molar-refractivity contribution in [2.45, 2.75) is 0 Å². The third kappa shape index (κ3) is 8.62. The lowest BCUT2D eigenvalue weighted by Gasteiger charge is -2.18. The van der Waals surface area contributed by atoms with Gasteiger partial charge in [0, 0.05) is 63.7 Å². The van der Waals surface area contributed by atoms with Crippen LogP contribution in [-0.4, -0.2) is 27.8 Å². The topological polar surface area (TPSA) is 51.6 Å². The lowest BCUT2D eigenvalue weighted by molar-refractivity contribution is 1.28. The van der Waals surface area contributed by atoms with E-state index >= 15 is 0 Å². The highest BCUT2D eigenvalue weighted by Gasteiger charge is 2.17. The fourth-order valence-electron chi connectivity index (χ4n) is 8.88. The van der Waals surface area contributed by atoms with E-state index in [1.807, 2.05) is 61.2 Å². The van der Waals surface area contributed by atoms with Crippen LogP contribution in [0.3, 0.4) is 0 Å². The molecule has 0 saturated carbocycles. The zero-order valence-electron chi connectivity index (χ0n) is 37.0. The lowest BCUT2D eigenvalue weighted by Crippen LogP contribution is -1.99. The van der Waals surface area contributed by atoms with Gasteiger partial charge in [0.2, 0.25) is 0 Å². The number of nitrogens with zero attached hydrogens (tertiary/aromatic N) is 4. The van der Waals surface area contributed by atoms with Crippen LogP contribution in [0.1, 0.15) is 0 Å². The number of aromatic nitrogens is 4. The molecule has 11 aromatic rings. The summed E-state index contributed by atoms with van der Waals surface area (Å²) in [6.45, 7) is 0. The van der Waals surface area contributed by atoms with Gasteiger partial charge in [-0.15, -0.1) is 0 Å². The Balaban J connectivity index is 1.01. The Kier molecular flexibility index (Phi) is 11.2. The van der Waals surface area contributed by atoms with Crippen LogP contribution in [0.25, 0.3) is 112 Å². The van der Waals surface area contributed by atoms with Gasteiger partial charge in [0.1, 0.15) is 7.85 Å². The van der Waals surface area contributed by atoms with Crippen molar-refractivity contribution >= 4 is 13.3 Å². The molecule has 0 amide bonds. The summed E-state index contributed by atoms with van der Waals surface area (Å²) in [5, 5.41) is 0. The van der Waals surface area contributed by atoms with E-state index in [1.54, 1.807) is 0 Å². The van der Waals surface area contributed by atoms with Gasteiger partial charge < -0.3 is 0 Å². The van der Waals surface area contributed by atoms with Crippen LogP contribution in [0.2, 0.25) is 0 Å². The Morgan fingerprint density at radius 2 is 0.463 bits per heavy atom. The van der Waals surface area contributed by atoms with Crippen molar-refractivity contribution in [3.8, 4) is 112 Å². The van der Waals surface area contributed by atoms with Crippen molar-refractivity contribution < 1.29 is 0 Å². The molecule has 0 radical (unpaired) electrons. The molecule has 0 atom stereocenters. The van der Waals surface area contributed by atoms with Gasteiger partial charge in [-0.05, 0) is 98.6 Å². The van der Waals surface area contributed by atoms with Gasteiger partial charge in [-0.1, -0.05) is 181 Å². The molecule has 4 heterocycles. The molecule has 11 rings (SSSR count). The summed E-state index contributed by atoms with van der Waals surface area (Å²) < 4.78 is 0. The molecule has 0 N–H and O–H groups in total. The lowest BCUT2D eigenvalue weighted by atomic mass is 9.86. The molecule has 7 aromatic carbocycles. The number of hydrogen-bond acceptors (Lipinski definition) is 4. The summed E-state index contributed by atoms with van der Waals surface area (Å²) >= 11 is 0. The molecule has 5 heteroatoms. The van der Waals surface area contributed by atoms with Gasteiger partial charge in [0.15, 0.2) is 0 Å². The fourth-order valence-corrected chi connectivity index (χ4v) is 8.88. The van der Waals surface area contributed by atoms with Crippen molar-refractivity contribution in [1.82, 2.24) is 19.9 Å². The fraction of sp³-hybridized carbons (Fsp3) is 0. The third-order valence-electron chi connectivity index (χ3n) is 12.4. The molecule has 0 aliphatic heterocycles. The van der Waals surface area contributed by atoms with Crippen LogP contribution >= 0.6 is 0 Å². The normalized spacial score (nSPS) is 11.0. The monoisotopic (exact) mass is 854 g/mol. The molecule has 0 unspecified atom stereocenters. The van der Waals surface area contributed by atoms with E-state index in [0.29, 0.717) is 0 Å². The number of pyridine rings is 4. The Hall–Kier alpha value is -8.80. The smallest absolute Gasteiger partial charge is 0.139 e. The summed E-state index contributed by atoms with van der Waals surface area (Å²) in [4.78, 5) is 19.7. The Labute approximate surface area is 392 Å². The van der Waals surface area contributed by atoms with E-state index < -0.39 is 0 Å². The van der Waals surface area contributed by atoms with Crippen molar-refractivity contribution in [3.05, 3.63) is 249 Å². The minimum absolute atomic E-state index is 0.874. The highest BCUT2D eigenvalue weighted by atomic mass is 14.7. The van der Waals surface area contributed by atoms with Crippen molar-refractivity contribution in [1.29, 1.82) is 0 Å². The van der Waals surface area contributed by atoms with E-state index in [9.17, 15) is 0 Å². The second kappa shape index (κ2) is 18.4. The Morgan fingerprint density at radius 3 is 0.776 bits per heavy atom. The maximum atomic E-state index is 4.99. The van der Waals surface area contributed by atoms with Crippen LogP contribution in [0.4, 0.5) is 0 Å². The quantitative estimate of drug-likeness (QED) is 0.129. The first-order valence-electron chi connectivity index (χ1n) is 22.6. The van der Waals surface area contributed by atoms with E-state index in [2.05, 4.69) is 196 Å². The maximum Gasteiger partial charge on any atom is 0.139 e. The average Bonchev–Trinajstić information content (AvgIpc) is 3.42. The van der Waals surface area contributed by atoms with Gasteiger partial charge >= 0.3 is 0 Å². The largest absolute Gasteiger partial charge is 0.256 e. The molecule has 0 fully saturated rings. The van der Waals surface area contributed by atoms with E-state index in [-0.39, 0.29) is 0 Å². The van der Waals surface area contributed by atoms with Crippen LogP contribution in [0, 0.1) is 0 Å². The number of benzene rings is 7. The van der Waals surface area contributed by atoms with Crippen molar-refractivity contribution in [2.75, 3.05) is 0 Å². The molecule has 4 aromatic heterocycles. The molecule has 67 heavy (non-hydrogen) atoms. The predicted molar refractivity (Wildman–Crippen MR) is 280 cm³/mol. The van der Waals surface area contributed by atoms with Crippen LogP contribution < -0.4 is 5.46 Å². The maximum absolute atomic E-state index is 4.99. The van der Waals surface area contributed by atoms with Gasteiger partial charge in [0.25, 0.3) is 0 Å². The predicted octanol–water partition coefficient (Wildman–Crippen LogP) is 14.2. The molecule has 0 aliphatic rings. The first-order valence-corrected chi connectivity index (χ1v) is 22.6. The number of hydrogen-bond donors (Lipinski definition) is 0. The molecule has 0 bridgehead atoms. The van der Waals surface area contributed by atoms with Gasteiger partial charge in [-0.25, -0.2) is 0 Å². The Morgan fingerprint density at radius 1 is 0.209 bits per heavy atom. The highest BCUT2D eigenvalue weighted by Crippen LogP contribution is 2.42. The minimum Gasteiger partial charge on any atom is -0.256 e. The van der Waals surface area contributed by atoms with Crippen LogP contribution in [0.5, 0.6) is 0 Å². The molecular weight excluding hydrogens is 812 g/mol. The van der Waals surface area contributed by atoms with Crippen LogP contribution in [-0.2, 0) is 0 Å². The summed E-state index contributed by atoms with van der Waals surface area (Å²) in [5.74, 6) is 0. The first-order chi connectivity index (χ1) is 33.1. The first kappa shape index (κ1) is 40.9. The van der Waals surface area contributed by atoms with Gasteiger partial charge in [-0.2, -0.15) is 0 Å². The van der Waals surface area contributed by atoms with E-state index in [0.717, 1.165) is 112 Å². The van der Waals surface area contributed by atoms with Crippen molar-refractivity contribution in [3.63, 3.8) is 0 Å². The molecule has 4 nitrogen and oxygen atoms in total. The summed E-state index contributed by atoms with van der Waals surface area (Å²) in [6.07, 6.45) is 7.88. The van der Waals surface area contributed by atoms with Crippen molar-refractivity contribution in [2.24, 2.45) is 0 Å². The second-order valence-corrected chi connectivity index (χ2v) is 16.8. The molecule has 0 saturated heterocycles. The molecule has 314 valence electrons. The summed E-state index contributed by atoms with van der Waals surface area (Å²) in [5.41, 5.74) is 22.3. The molecular formula is C62H43BN4. The molecule has 0 spiro atoms. The molecule has 0 aliphatic carbocycles. The van der Waals surface area contributed by atoms with Crippen LogP contribution in [0.15, 0.2) is 249 Å².